The van der Waals surface area contributed by atoms with Gasteiger partial charge >= 0.3 is 5.97 Å². The minimum absolute atomic E-state index is 0.0993. The van der Waals surface area contributed by atoms with Crippen LogP contribution in [0.2, 0.25) is 0 Å². The molecule has 1 N–H and O–H groups in total. The molecule has 0 atom stereocenters. The lowest BCUT2D eigenvalue weighted by Crippen LogP contribution is -2.28. The van der Waals surface area contributed by atoms with Crippen LogP contribution < -0.4 is 5.32 Å². The fourth-order valence-corrected chi connectivity index (χ4v) is 1.88. The molecule has 0 saturated heterocycles. The summed E-state index contributed by atoms with van der Waals surface area (Å²) in [5, 5.41) is 2.51. The van der Waals surface area contributed by atoms with Crippen LogP contribution in [0.15, 0.2) is 12.1 Å². The highest BCUT2D eigenvalue weighted by Crippen LogP contribution is 2.17. The number of Topliss-reactive ketones (excluding diaryl/α,β-unsaturated/α-hetero) is 1. The molecule has 1 rings (SSSR count). The Hall–Kier alpha value is -1.69. The summed E-state index contributed by atoms with van der Waals surface area (Å²) in [5.74, 6) is -1.03. The van der Waals surface area contributed by atoms with E-state index in [0.717, 1.165) is 11.3 Å². The molecule has 1 heterocycles. The number of rotatable bonds is 5. The van der Waals surface area contributed by atoms with Crippen molar-refractivity contribution in [3.63, 3.8) is 0 Å². The maximum Gasteiger partial charge on any atom is 0.348 e. The van der Waals surface area contributed by atoms with Crippen LogP contribution in [0, 0.1) is 0 Å². The van der Waals surface area contributed by atoms with E-state index in [0.29, 0.717) is 16.3 Å². The van der Waals surface area contributed by atoms with Crippen molar-refractivity contribution in [2.45, 2.75) is 13.8 Å². The van der Waals surface area contributed by atoms with Gasteiger partial charge in [0.2, 0.25) is 0 Å². The van der Waals surface area contributed by atoms with Gasteiger partial charge in [-0.05, 0) is 26.0 Å². The summed E-state index contributed by atoms with van der Waals surface area (Å²) in [6.45, 7) is 3.39. The van der Waals surface area contributed by atoms with Crippen LogP contribution in [0.5, 0.6) is 0 Å². The predicted molar refractivity (Wildman–Crippen MR) is 63.3 cm³/mol. The van der Waals surface area contributed by atoms with Gasteiger partial charge in [-0.1, -0.05) is 0 Å². The Kier molecular flexibility index (Phi) is 4.84. The molecule has 0 aliphatic carbocycles. The smallest absolute Gasteiger partial charge is 0.348 e. The van der Waals surface area contributed by atoms with Gasteiger partial charge in [-0.15, -0.1) is 11.3 Å². The Morgan fingerprint density at radius 1 is 1.29 bits per heavy atom. The minimum atomic E-state index is -0.589. The average Bonchev–Trinajstić information content (AvgIpc) is 2.75. The highest BCUT2D eigenvalue weighted by atomic mass is 32.1. The summed E-state index contributed by atoms with van der Waals surface area (Å²) in [6, 6.07) is 3.08. The van der Waals surface area contributed by atoms with E-state index in [1.54, 1.807) is 13.0 Å². The van der Waals surface area contributed by atoms with E-state index in [9.17, 15) is 14.4 Å². The van der Waals surface area contributed by atoms with Gasteiger partial charge in [0.1, 0.15) is 4.88 Å². The van der Waals surface area contributed by atoms with E-state index in [4.69, 9.17) is 4.74 Å². The van der Waals surface area contributed by atoms with Gasteiger partial charge in [0.05, 0.1) is 4.88 Å². The molecular weight excluding hydrogens is 242 g/mol. The number of esters is 1. The lowest BCUT2D eigenvalue weighted by Gasteiger charge is -2.02. The summed E-state index contributed by atoms with van der Waals surface area (Å²) in [4.78, 5) is 34.4. The van der Waals surface area contributed by atoms with E-state index < -0.39 is 5.97 Å². The molecule has 1 aromatic rings. The van der Waals surface area contributed by atoms with Crippen LogP contribution in [0.25, 0.3) is 0 Å². The largest absolute Gasteiger partial charge is 0.451 e. The zero-order valence-corrected chi connectivity index (χ0v) is 10.4. The van der Waals surface area contributed by atoms with E-state index in [1.807, 2.05) is 0 Å². The molecule has 0 radical (unpaired) electrons. The molecule has 1 aromatic heterocycles. The second-order valence-electron chi connectivity index (χ2n) is 3.25. The third-order valence-electron chi connectivity index (χ3n) is 1.86. The first-order valence-electron chi connectivity index (χ1n) is 5.09. The molecule has 0 aromatic carbocycles. The van der Waals surface area contributed by atoms with Gasteiger partial charge in [-0.2, -0.15) is 0 Å². The zero-order valence-electron chi connectivity index (χ0n) is 9.61. The van der Waals surface area contributed by atoms with Crippen LogP contribution >= 0.6 is 11.3 Å². The SMILES string of the molecule is CCNC(=O)COC(=O)c1ccc(C(C)=O)s1. The van der Waals surface area contributed by atoms with E-state index in [1.165, 1.54) is 13.0 Å². The summed E-state index contributed by atoms with van der Waals surface area (Å²) in [6.07, 6.45) is 0. The van der Waals surface area contributed by atoms with Gasteiger partial charge in [-0.25, -0.2) is 4.79 Å². The Morgan fingerprint density at radius 2 is 1.94 bits per heavy atom. The molecule has 17 heavy (non-hydrogen) atoms. The molecule has 0 saturated carbocycles. The highest BCUT2D eigenvalue weighted by Gasteiger charge is 2.13. The average molecular weight is 255 g/mol. The number of hydrogen-bond donors (Lipinski definition) is 1. The summed E-state index contributed by atoms with van der Waals surface area (Å²) in [5.41, 5.74) is 0. The third-order valence-corrected chi connectivity index (χ3v) is 3.03. The molecule has 0 spiro atoms. The highest BCUT2D eigenvalue weighted by molar-refractivity contribution is 7.15. The van der Waals surface area contributed by atoms with Gasteiger partial charge < -0.3 is 10.1 Å². The Labute approximate surface area is 103 Å². The lowest BCUT2D eigenvalue weighted by molar-refractivity contribution is -0.124. The van der Waals surface area contributed by atoms with E-state index in [-0.39, 0.29) is 18.3 Å². The number of nitrogens with one attached hydrogen (secondary N) is 1. The number of thiophene rings is 1. The van der Waals surface area contributed by atoms with Gasteiger partial charge in [-0.3, -0.25) is 9.59 Å². The van der Waals surface area contributed by atoms with Crippen LogP contribution in [0.3, 0.4) is 0 Å². The molecule has 0 unspecified atom stereocenters. The molecule has 5 nitrogen and oxygen atoms in total. The van der Waals surface area contributed by atoms with Gasteiger partial charge in [0, 0.05) is 6.54 Å². The lowest BCUT2D eigenvalue weighted by atomic mass is 10.3. The summed E-state index contributed by atoms with van der Waals surface area (Å²) in [7, 11) is 0. The fourth-order valence-electron chi connectivity index (χ4n) is 1.09. The molecule has 1 amide bonds. The first kappa shape index (κ1) is 13.4. The molecular formula is C11H13NO4S. The number of hydrogen-bond acceptors (Lipinski definition) is 5. The number of ketones is 1. The van der Waals surface area contributed by atoms with Crippen molar-refractivity contribution in [1.82, 2.24) is 5.32 Å². The molecule has 0 fully saturated rings. The van der Waals surface area contributed by atoms with Crippen molar-refractivity contribution in [2.75, 3.05) is 13.2 Å². The minimum Gasteiger partial charge on any atom is -0.451 e. The van der Waals surface area contributed by atoms with Crippen molar-refractivity contribution in [1.29, 1.82) is 0 Å². The van der Waals surface area contributed by atoms with Gasteiger partial charge in [0.15, 0.2) is 12.4 Å². The predicted octanol–water partition coefficient (Wildman–Crippen LogP) is 1.24. The second kappa shape index (κ2) is 6.15. The van der Waals surface area contributed by atoms with Crippen molar-refractivity contribution < 1.29 is 19.1 Å². The Balaban J connectivity index is 2.52. The van der Waals surface area contributed by atoms with Crippen molar-refractivity contribution in [3.8, 4) is 0 Å². The normalized spacial score (nSPS) is 9.76. The van der Waals surface area contributed by atoms with Crippen molar-refractivity contribution in [3.05, 3.63) is 21.9 Å². The fraction of sp³-hybridized carbons (Fsp3) is 0.364. The van der Waals surface area contributed by atoms with Crippen LogP contribution in [-0.4, -0.2) is 30.8 Å². The summed E-state index contributed by atoms with van der Waals surface area (Å²) >= 11 is 1.06. The molecule has 0 aliphatic heterocycles. The standard InChI is InChI=1S/C11H13NO4S/c1-3-12-10(14)6-16-11(15)9-5-4-8(17-9)7(2)13/h4-5H,3,6H2,1-2H3,(H,12,14). The van der Waals surface area contributed by atoms with Crippen molar-refractivity contribution in [2.24, 2.45) is 0 Å². The number of likely N-dealkylation sites (N-methyl/N-ethyl adjacent to an activating group) is 1. The van der Waals surface area contributed by atoms with Gasteiger partial charge in [0.25, 0.3) is 5.91 Å². The molecule has 92 valence electrons. The number of ether oxygens (including phenoxy) is 1. The van der Waals surface area contributed by atoms with E-state index >= 15 is 0 Å². The topological polar surface area (TPSA) is 72.5 Å². The monoisotopic (exact) mass is 255 g/mol. The quantitative estimate of drug-likeness (QED) is 0.634. The van der Waals surface area contributed by atoms with Crippen LogP contribution in [0.4, 0.5) is 0 Å². The molecule has 6 heteroatoms. The van der Waals surface area contributed by atoms with Crippen molar-refractivity contribution >= 4 is 29.0 Å². The first-order valence-corrected chi connectivity index (χ1v) is 5.90. The molecule has 0 bridgehead atoms. The maximum atomic E-state index is 11.5. The number of amides is 1. The van der Waals surface area contributed by atoms with Crippen LogP contribution in [-0.2, 0) is 9.53 Å². The maximum absolute atomic E-state index is 11.5. The second-order valence-corrected chi connectivity index (χ2v) is 4.33. The van der Waals surface area contributed by atoms with Crippen LogP contribution in [0.1, 0.15) is 33.2 Å². The first-order chi connectivity index (χ1) is 8.04. The third kappa shape index (κ3) is 3.99. The zero-order chi connectivity index (χ0) is 12.8. The molecule has 0 aliphatic rings. The Morgan fingerprint density at radius 3 is 2.47 bits per heavy atom. The Bertz CT molecular complexity index is 438. The summed E-state index contributed by atoms with van der Waals surface area (Å²) < 4.78 is 4.78. The number of carbonyl (C=O) groups excluding carboxylic acids is 3. The van der Waals surface area contributed by atoms with E-state index in [2.05, 4.69) is 5.32 Å². The number of carbonyl (C=O) groups is 3.